The molecule has 0 atom stereocenters. The van der Waals surface area contributed by atoms with Crippen LogP contribution in [0.4, 0.5) is 0 Å². The normalized spacial score (nSPS) is 16.9. The van der Waals surface area contributed by atoms with Crippen molar-refractivity contribution in [1.29, 1.82) is 0 Å². The Morgan fingerprint density at radius 2 is 2.12 bits per heavy atom. The van der Waals surface area contributed by atoms with Crippen molar-refractivity contribution in [1.82, 2.24) is 19.9 Å². The van der Waals surface area contributed by atoms with Crippen LogP contribution in [0, 0.1) is 5.92 Å². The third kappa shape index (κ3) is 2.31. The van der Waals surface area contributed by atoms with Crippen molar-refractivity contribution in [2.24, 2.45) is 5.92 Å². The Morgan fingerprint density at radius 1 is 1.24 bits per heavy atom. The summed E-state index contributed by atoms with van der Waals surface area (Å²) in [6, 6.07) is 5.98. The molecule has 0 aromatic carbocycles. The van der Waals surface area contributed by atoms with Gasteiger partial charge >= 0.3 is 0 Å². The molecule has 0 aliphatic heterocycles. The first-order chi connectivity index (χ1) is 8.43. The molecular weight excluding hydrogens is 212 g/mol. The maximum atomic E-state index is 4.21. The zero-order chi connectivity index (χ0) is 11.5. The molecular formula is C13H18N4. The zero-order valence-electron chi connectivity index (χ0n) is 9.97. The second-order valence-corrected chi connectivity index (χ2v) is 4.83. The fourth-order valence-corrected chi connectivity index (χ4v) is 2.61. The van der Waals surface area contributed by atoms with E-state index in [1.165, 1.54) is 25.7 Å². The lowest BCUT2D eigenvalue weighted by atomic mass is 10.1. The van der Waals surface area contributed by atoms with Crippen LogP contribution in [-0.2, 0) is 6.54 Å². The number of nitrogens with zero attached hydrogens (tertiary/aromatic N) is 3. The van der Waals surface area contributed by atoms with E-state index in [1.54, 1.807) is 0 Å². The van der Waals surface area contributed by atoms with Crippen molar-refractivity contribution in [3.8, 4) is 0 Å². The van der Waals surface area contributed by atoms with Gasteiger partial charge in [-0.3, -0.25) is 4.40 Å². The van der Waals surface area contributed by atoms with Crippen LogP contribution in [0.3, 0.4) is 0 Å². The van der Waals surface area contributed by atoms with E-state index in [4.69, 9.17) is 0 Å². The van der Waals surface area contributed by atoms with Crippen LogP contribution in [0.2, 0.25) is 0 Å². The first-order valence-corrected chi connectivity index (χ1v) is 6.43. The highest BCUT2D eigenvalue weighted by atomic mass is 15.3. The maximum Gasteiger partial charge on any atom is 0.160 e. The largest absolute Gasteiger partial charge is 0.310 e. The highest BCUT2D eigenvalue weighted by Gasteiger charge is 2.14. The Balaban J connectivity index is 1.60. The Kier molecular flexibility index (Phi) is 3.05. The molecule has 0 spiro atoms. The molecule has 1 saturated carbocycles. The van der Waals surface area contributed by atoms with E-state index in [-0.39, 0.29) is 0 Å². The van der Waals surface area contributed by atoms with Crippen LogP contribution in [0.5, 0.6) is 0 Å². The Labute approximate surface area is 101 Å². The van der Waals surface area contributed by atoms with E-state index in [1.807, 2.05) is 28.8 Å². The average molecular weight is 230 g/mol. The lowest BCUT2D eigenvalue weighted by Crippen LogP contribution is -2.21. The van der Waals surface area contributed by atoms with Gasteiger partial charge in [0.05, 0.1) is 6.54 Å². The van der Waals surface area contributed by atoms with Crippen LogP contribution in [0.1, 0.15) is 31.5 Å². The fourth-order valence-electron chi connectivity index (χ4n) is 2.61. The van der Waals surface area contributed by atoms with E-state index in [0.29, 0.717) is 0 Å². The predicted octanol–water partition coefficient (Wildman–Crippen LogP) is 2.01. The molecule has 0 radical (unpaired) electrons. The maximum absolute atomic E-state index is 4.21. The van der Waals surface area contributed by atoms with Gasteiger partial charge in [0, 0.05) is 6.20 Å². The van der Waals surface area contributed by atoms with Crippen LogP contribution >= 0.6 is 0 Å². The molecule has 0 saturated heterocycles. The topological polar surface area (TPSA) is 42.2 Å². The van der Waals surface area contributed by atoms with Crippen molar-refractivity contribution in [3.05, 3.63) is 30.2 Å². The second-order valence-electron chi connectivity index (χ2n) is 4.83. The van der Waals surface area contributed by atoms with Crippen LogP contribution in [-0.4, -0.2) is 21.1 Å². The standard InChI is InChI=1S/C13H18N4/c1-2-6-11(5-1)9-14-10-13-16-15-12-7-3-4-8-17(12)13/h3-4,7-8,11,14H,1-2,5-6,9-10H2. The van der Waals surface area contributed by atoms with Crippen molar-refractivity contribution >= 4 is 5.65 Å². The van der Waals surface area contributed by atoms with Gasteiger partial charge < -0.3 is 5.32 Å². The number of pyridine rings is 1. The molecule has 1 N–H and O–H groups in total. The summed E-state index contributed by atoms with van der Waals surface area (Å²) in [5, 5.41) is 11.9. The number of hydrogen-bond acceptors (Lipinski definition) is 3. The molecule has 17 heavy (non-hydrogen) atoms. The molecule has 3 rings (SSSR count). The number of aromatic nitrogens is 3. The Bertz CT molecular complexity index is 485. The lowest BCUT2D eigenvalue weighted by molar-refractivity contribution is 0.483. The van der Waals surface area contributed by atoms with Gasteiger partial charge in [-0.15, -0.1) is 10.2 Å². The monoisotopic (exact) mass is 230 g/mol. The van der Waals surface area contributed by atoms with Gasteiger partial charge in [-0.25, -0.2) is 0 Å². The third-order valence-corrected chi connectivity index (χ3v) is 3.58. The van der Waals surface area contributed by atoms with E-state index in [9.17, 15) is 0 Å². The number of fused-ring (bicyclic) bond motifs is 1. The van der Waals surface area contributed by atoms with Gasteiger partial charge in [-0.1, -0.05) is 18.9 Å². The summed E-state index contributed by atoms with van der Waals surface area (Å²) >= 11 is 0. The average Bonchev–Trinajstić information content (AvgIpc) is 2.99. The van der Waals surface area contributed by atoms with Crippen molar-refractivity contribution in [2.45, 2.75) is 32.2 Å². The van der Waals surface area contributed by atoms with Crippen LogP contribution in [0.15, 0.2) is 24.4 Å². The number of rotatable bonds is 4. The Hall–Kier alpha value is -1.42. The molecule has 2 aromatic rings. The molecule has 90 valence electrons. The summed E-state index contributed by atoms with van der Waals surface area (Å²) in [6.45, 7) is 1.92. The smallest absolute Gasteiger partial charge is 0.160 e. The summed E-state index contributed by atoms with van der Waals surface area (Å²) in [7, 11) is 0. The Morgan fingerprint density at radius 3 is 3.00 bits per heavy atom. The molecule has 1 aliphatic carbocycles. The minimum absolute atomic E-state index is 0.807. The lowest BCUT2D eigenvalue weighted by Gasteiger charge is -2.09. The van der Waals surface area contributed by atoms with Gasteiger partial charge in [-0.05, 0) is 37.4 Å². The number of hydrogen-bond donors (Lipinski definition) is 1. The quantitative estimate of drug-likeness (QED) is 0.873. The minimum Gasteiger partial charge on any atom is -0.310 e. The van der Waals surface area contributed by atoms with Crippen molar-refractivity contribution in [2.75, 3.05) is 6.54 Å². The van der Waals surface area contributed by atoms with E-state index < -0.39 is 0 Å². The highest BCUT2D eigenvalue weighted by Crippen LogP contribution is 2.23. The molecule has 0 bridgehead atoms. The zero-order valence-corrected chi connectivity index (χ0v) is 9.97. The van der Waals surface area contributed by atoms with Gasteiger partial charge in [0.25, 0.3) is 0 Å². The molecule has 1 aliphatic rings. The fraction of sp³-hybridized carbons (Fsp3) is 0.538. The molecule has 1 fully saturated rings. The molecule has 0 unspecified atom stereocenters. The summed E-state index contributed by atoms with van der Waals surface area (Å²) in [6.07, 6.45) is 7.59. The van der Waals surface area contributed by atoms with E-state index in [2.05, 4.69) is 15.5 Å². The van der Waals surface area contributed by atoms with Gasteiger partial charge in [0.1, 0.15) is 0 Å². The summed E-state index contributed by atoms with van der Waals surface area (Å²) < 4.78 is 2.04. The van der Waals surface area contributed by atoms with Crippen molar-refractivity contribution in [3.63, 3.8) is 0 Å². The van der Waals surface area contributed by atoms with E-state index in [0.717, 1.165) is 30.5 Å². The highest BCUT2D eigenvalue weighted by molar-refractivity contribution is 5.36. The molecule has 4 heteroatoms. The predicted molar refractivity (Wildman–Crippen MR) is 66.7 cm³/mol. The summed E-state index contributed by atoms with van der Waals surface area (Å²) in [5.74, 6) is 1.87. The van der Waals surface area contributed by atoms with E-state index >= 15 is 0 Å². The second kappa shape index (κ2) is 4.84. The number of nitrogens with one attached hydrogen (secondary N) is 1. The van der Waals surface area contributed by atoms with Gasteiger partial charge in [-0.2, -0.15) is 0 Å². The molecule has 0 amide bonds. The van der Waals surface area contributed by atoms with Crippen molar-refractivity contribution < 1.29 is 0 Å². The molecule has 4 nitrogen and oxygen atoms in total. The minimum atomic E-state index is 0.807. The third-order valence-electron chi connectivity index (χ3n) is 3.58. The molecule has 2 aromatic heterocycles. The molecule has 2 heterocycles. The first kappa shape index (κ1) is 10.7. The summed E-state index contributed by atoms with van der Waals surface area (Å²) in [4.78, 5) is 0. The SMILES string of the molecule is c1ccn2c(CNCC3CCCC3)nnc2c1. The van der Waals surface area contributed by atoms with Gasteiger partial charge in [0.2, 0.25) is 0 Å². The first-order valence-electron chi connectivity index (χ1n) is 6.43. The van der Waals surface area contributed by atoms with Crippen LogP contribution < -0.4 is 5.32 Å². The summed E-state index contributed by atoms with van der Waals surface area (Å²) in [5.41, 5.74) is 0.921. The van der Waals surface area contributed by atoms with Crippen LogP contribution in [0.25, 0.3) is 5.65 Å². The van der Waals surface area contributed by atoms with Gasteiger partial charge in [0.15, 0.2) is 11.5 Å².